The van der Waals surface area contributed by atoms with Crippen LogP contribution in [0.2, 0.25) is 0 Å². The number of nitrogen functional groups attached to an aromatic ring is 1. The lowest BCUT2D eigenvalue weighted by Crippen LogP contribution is -2.33. The number of imidazole rings is 1. The summed E-state index contributed by atoms with van der Waals surface area (Å²) in [6.07, 6.45) is -4.17. The molecule has 15 heteroatoms. The van der Waals surface area contributed by atoms with Gasteiger partial charge >= 0.3 is 0 Å². The first-order valence-corrected chi connectivity index (χ1v) is 10.6. The van der Waals surface area contributed by atoms with E-state index in [0.717, 1.165) is 23.0 Å². The van der Waals surface area contributed by atoms with Crippen molar-refractivity contribution >= 4 is 32.9 Å². The molecular formula is C17H17FN6O7S. The van der Waals surface area contributed by atoms with E-state index >= 15 is 0 Å². The Labute approximate surface area is 179 Å². The monoisotopic (exact) mass is 468 g/mol. The van der Waals surface area contributed by atoms with E-state index in [-0.39, 0.29) is 17.0 Å². The Hall–Kier alpha value is -3.24. The zero-order chi connectivity index (χ0) is 23.2. The number of nitrogens with two attached hydrogens (primary N) is 1. The van der Waals surface area contributed by atoms with Gasteiger partial charge < -0.3 is 25.8 Å². The Morgan fingerprint density at radius 3 is 2.62 bits per heavy atom. The van der Waals surface area contributed by atoms with Crippen LogP contribution < -0.4 is 10.5 Å². The third-order valence-corrected chi connectivity index (χ3v) is 5.92. The number of hydrogen-bond acceptors (Lipinski definition) is 11. The predicted molar refractivity (Wildman–Crippen MR) is 104 cm³/mol. The van der Waals surface area contributed by atoms with Gasteiger partial charge in [0.1, 0.15) is 29.6 Å². The molecule has 3 heterocycles. The highest BCUT2D eigenvalue weighted by molar-refractivity contribution is 7.89. The molecule has 32 heavy (non-hydrogen) atoms. The highest BCUT2D eigenvalue weighted by atomic mass is 32.2. The Kier molecular flexibility index (Phi) is 5.51. The molecule has 4 atom stereocenters. The zero-order valence-corrected chi connectivity index (χ0v) is 16.8. The van der Waals surface area contributed by atoms with Crippen LogP contribution >= 0.6 is 0 Å². The molecular weight excluding hydrogens is 451 g/mol. The van der Waals surface area contributed by atoms with E-state index in [4.69, 9.17) is 10.5 Å². The number of sulfonamides is 1. The molecule has 0 spiro atoms. The molecule has 1 aromatic carbocycles. The summed E-state index contributed by atoms with van der Waals surface area (Å²) in [4.78, 5) is 23.7. The summed E-state index contributed by atoms with van der Waals surface area (Å²) in [6, 6.07) is 4.76. The molecule has 0 aliphatic carbocycles. The zero-order valence-electron chi connectivity index (χ0n) is 16.0. The number of anilines is 1. The maximum absolute atomic E-state index is 13.8. The first-order valence-electron chi connectivity index (χ1n) is 9.08. The molecule has 13 nitrogen and oxygen atoms in total. The molecule has 6 N–H and O–H groups in total. The highest BCUT2D eigenvalue weighted by Gasteiger charge is 2.44. The molecule has 170 valence electrons. The predicted octanol–water partition coefficient (Wildman–Crippen LogP) is -1.72. The smallest absolute Gasteiger partial charge is 0.300 e. The van der Waals surface area contributed by atoms with Gasteiger partial charge in [-0.3, -0.25) is 9.36 Å². The van der Waals surface area contributed by atoms with Crippen LogP contribution in [0.5, 0.6) is 0 Å². The first-order chi connectivity index (χ1) is 15.1. The molecule has 1 fully saturated rings. The van der Waals surface area contributed by atoms with E-state index in [1.807, 2.05) is 0 Å². The summed E-state index contributed by atoms with van der Waals surface area (Å²) in [5.74, 6) is -2.54. The lowest BCUT2D eigenvalue weighted by molar-refractivity contribution is -0.0511. The number of amides is 1. The Morgan fingerprint density at radius 2 is 1.97 bits per heavy atom. The molecule has 2 aromatic heterocycles. The van der Waals surface area contributed by atoms with Gasteiger partial charge in [0.25, 0.3) is 21.1 Å². The number of carbonyl (C=O) groups excluding carboxylic acids is 1. The molecule has 4 rings (SSSR count). The Balaban J connectivity index is 1.72. The molecule has 0 saturated carbocycles. The molecule has 1 amide bonds. The largest absolute Gasteiger partial charge is 0.394 e. The second-order valence-electron chi connectivity index (χ2n) is 6.86. The lowest BCUT2D eigenvalue weighted by atomic mass is 10.1. The second kappa shape index (κ2) is 8.03. The van der Waals surface area contributed by atoms with Gasteiger partial charge in [-0.2, -0.15) is 18.4 Å². The van der Waals surface area contributed by atoms with Crippen molar-refractivity contribution in [3.05, 3.63) is 42.0 Å². The lowest BCUT2D eigenvalue weighted by Gasteiger charge is -2.16. The second-order valence-corrected chi connectivity index (χ2v) is 8.43. The Morgan fingerprint density at radius 1 is 1.25 bits per heavy atom. The number of carbonyl (C=O) groups is 1. The molecule has 3 aromatic rings. The fourth-order valence-corrected chi connectivity index (χ4v) is 4.07. The molecule has 1 aliphatic heterocycles. The van der Waals surface area contributed by atoms with E-state index in [0.29, 0.717) is 0 Å². The number of aliphatic hydroxyl groups excluding tert-OH is 3. The number of aliphatic hydroxyl groups is 3. The van der Waals surface area contributed by atoms with E-state index in [1.165, 1.54) is 12.1 Å². The van der Waals surface area contributed by atoms with Crippen molar-refractivity contribution in [1.29, 1.82) is 0 Å². The van der Waals surface area contributed by atoms with Crippen molar-refractivity contribution in [3.63, 3.8) is 0 Å². The van der Waals surface area contributed by atoms with Crippen molar-refractivity contribution in [1.82, 2.24) is 24.2 Å². The normalized spacial score (nSPS) is 23.5. The maximum atomic E-state index is 13.8. The van der Waals surface area contributed by atoms with Gasteiger partial charge in [-0.15, -0.1) is 0 Å². The minimum atomic E-state index is -4.70. The van der Waals surface area contributed by atoms with Gasteiger partial charge in [-0.1, -0.05) is 12.1 Å². The summed E-state index contributed by atoms with van der Waals surface area (Å²) < 4.78 is 47.3. The van der Waals surface area contributed by atoms with Crippen LogP contribution in [0.25, 0.3) is 11.2 Å². The van der Waals surface area contributed by atoms with Gasteiger partial charge in [0.05, 0.1) is 18.5 Å². The van der Waals surface area contributed by atoms with Gasteiger partial charge in [-0.25, -0.2) is 14.1 Å². The van der Waals surface area contributed by atoms with E-state index in [9.17, 15) is 32.9 Å². The van der Waals surface area contributed by atoms with Crippen LogP contribution in [0, 0.1) is 5.82 Å². The van der Waals surface area contributed by atoms with Crippen LogP contribution in [-0.4, -0.2) is 74.1 Å². The minimum absolute atomic E-state index is 0.0397. The summed E-state index contributed by atoms with van der Waals surface area (Å²) in [5, 5.41) is 28.6. The third kappa shape index (κ3) is 3.65. The quantitative estimate of drug-likeness (QED) is 0.266. The maximum Gasteiger partial charge on any atom is 0.300 e. The molecule has 2 unspecified atom stereocenters. The molecule has 0 radical (unpaired) electrons. The van der Waals surface area contributed by atoms with Gasteiger partial charge in [-0.05, 0) is 12.1 Å². The van der Waals surface area contributed by atoms with E-state index < -0.39 is 63.6 Å². The van der Waals surface area contributed by atoms with Gasteiger partial charge in [0.15, 0.2) is 17.7 Å². The number of aromatic nitrogens is 4. The molecule has 1 aliphatic rings. The number of halogens is 1. The topological polar surface area (TPSA) is 203 Å². The van der Waals surface area contributed by atoms with Crippen LogP contribution in [0.15, 0.2) is 35.7 Å². The highest BCUT2D eigenvalue weighted by Crippen LogP contribution is 2.32. The summed E-state index contributed by atoms with van der Waals surface area (Å²) in [5.41, 5.74) is 5.05. The summed E-state index contributed by atoms with van der Waals surface area (Å²) in [7, 11) is -4.70. The number of nitrogens with one attached hydrogen (secondary N) is 1. The average Bonchev–Trinajstić information content (AvgIpc) is 3.29. The van der Waals surface area contributed by atoms with Crippen molar-refractivity contribution in [2.24, 2.45) is 0 Å². The van der Waals surface area contributed by atoms with Gasteiger partial charge in [0, 0.05) is 0 Å². The van der Waals surface area contributed by atoms with Crippen molar-refractivity contribution < 1.29 is 37.7 Å². The molecule has 0 bridgehead atoms. The number of rotatable bonds is 5. The van der Waals surface area contributed by atoms with Crippen LogP contribution in [0.3, 0.4) is 0 Å². The average molecular weight is 468 g/mol. The summed E-state index contributed by atoms with van der Waals surface area (Å²) >= 11 is 0. The fourth-order valence-electron chi connectivity index (χ4n) is 3.20. The minimum Gasteiger partial charge on any atom is -0.394 e. The number of nitrogens with zero attached hydrogens (tertiary/aromatic N) is 4. The fraction of sp³-hybridized carbons (Fsp3) is 0.294. The SMILES string of the molecule is Nc1nc(S(=O)(=O)NC(=O)c2ccccc2F)nc2c1ncn2[C@@H]1O[C@H](CO)C(O)C1O. The van der Waals surface area contributed by atoms with Crippen molar-refractivity contribution in [2.45, 2.75) is 29.7 Å². The number of fused-ring (bicyclic) bond motifs is 1. The van der Waals surface area contributed by atoms with Crippen LogP contribution in [-0.2, 0) is 14.8 Å². The number of hydrogen-bond donors (Lipinski definition) is 5. The van der Waals surface area contributed by atoms with Crippen LogP contribution in [0.4, 0.5) is 10.2 Å². The first kappa shape index (κ1) is 22.0. The number of ether oxygens (including phenoxy) is 1. The van der Waals surface area contributed by atoms with E-state index in [1.54, 1.807) is 4.72 Å². The summed E-state index contributed by atoms with van der Waals surface area (Å²) in [6.45, 7) is -0.583. The number of benzene rings is 1. The van der Waals surface area contributed by atoms with E-state index in [2.05, 4.69) is 15.0 Å². The Bertz CT molecular complexity index is 1300. The van der Waals surface area contributed by atoms with Crippen LogP contribution in [0.1, 0.15) is 16.6 Å². The third-order valence-electron chi connectivity index (χ3n) is 4.81. The van der Waals surface area contributed by atoms with Crippen molar-refractivity contribution in [3.8, 4) is 0 Å². The van der Waals surface area contributed by atoms with Crippen molar-refractivity contribution in [2.75, 3.05) is 12.3 Å². The molecule has 1 saturated heterocycles. The van der Waals surface area contributed by atoms with Gasteiger partial charge in [0.2, 0.25) is 0 Å². The standard InChI is InChI=1S/C17H17FN6O7S/c18-8-4-2-1-3-7(8)15(28)23-32(29,30)17-21-13(19)10-14(22-17)24(6-20-10)16-12(27)11(26)9(5-25)31-16/h1-4,6,9,11-12,16,25-27H,5H2,(H,23,28)(H2,19,21,22)/t9-,11?,12?,16-/m1/s1.